The van der Waals surface area contributed by atoms with Gasteiger partial charge >= 0.3 is 0 Å². The van der Waals surface area contributed by atoms with Gasteiger partial charge in [0.15, 0.2) is 0 Å². The zero-order valence-corrected chi connectivity index (χ0v) is 16.5. The number of hydrogen-bond donors (Lipinski definition) is 1. The minimum atomic E-state index is 0.0342. The van der Waals surface area contributed by atoms with Crippen LogP contribution in [-0.2, 0) is 17.9 Å². The Kier molecular flexibility index (Phi) is 6.93. The lowest BCUT2D eigenvalue weighted by molar-refractivity contribution is -0.128. The van der Waals surface area contributed by atoms with Gasteiger partial charge in [0.1, 0.15) is 12.4 Å². The summed E-state index contributed by atoms with van der Waals surface area (Å²) in [5, 5.41) is 3.87. The van der Waals surface area contributed by atoms with E-state index in [1.165, 1.54) is 0 Å². The topological polar surface area (TPSA) is 41.6 Å². The molecule has 0 saturated heterocycles. The normalized spacial score (nSPS) is 10.4. The molecule has 0 radical (unpaired) electrons. The molecule has 0 aliphatic rings. The standard InChI is InChI=1S/C23H23ClN2O2/c1-26(16-18-5-3-2-4-6-18)23(27)15-25-21-11-13-22(14-12-21)28-17-19-7-9-20(24)10-8-19/h2-14,25H,15-17H2,1H3. The lowest BCUT2D eigenvalue weighted by Crippen LogP contribution is -2.31. The average Bonchev–Trinajstić information content (AvgIpc) is 2.73. The van der Waals surface area contributed by atoms with Crippen molar-refractivity contribution >= 4 is 23.2 Å². The second-order valence-corrected chi connectivity index (χ2v) is 6.96. The van der Waals surface area contributed by atoms with Crippen LogP contribution >= 0.6 is 11.6 Å². The van der Waals surface area contributed by atoms with Crippen molar-refractivity contribution in [2.45, 2.75) is 13.2 Å². The first kappa shape index (κ1) is 19.8. The Balaban J connectivity index is 1.44. The second-order valence-electron chi connectivity index (χ2n) is 6.53. The highest BCUT2D eigenvalue weighted by Crippen LogP contribution is 2.18. The predicted molar refractivity (Wildman–Crippen MR) is 114 cm³/mol. The van der Waals surface area contributed by atoms with Crippen molar-refractivity contribution in [1.82, 2.24) is 4.90 Å². The Labute approximate surface area is 170 Å². The number of ether oxygens (including phenoxy) is 1. The lowest BCUT2D eigenvalue weighted by Gasteiger charge is -2.18. The van der Waals surface area contributed by atoms with Gasteiger partial charge in [-0.2, -0.15) is 0 Å². The first-order valence-electron chi connectivity index (χ1n) is 9.09. The molecule has 3 rings (SSSR count). The van der Waals surface area contributed by atoms with E-state index >= 15 is 0 Å². The van der Waals surface area contributed by atoms with Crippen molar-refractivity contribution in [2.75, 3.05) is 18.9 Å². The van der Waals surface area contributed by atoms with E-state index in [-0.39, 0.29) is 12.5 Å². The third-order valence-electron chi connectivity index (χ3n) is 4.31. The first-order chi connectivity index (χ1) is 13.6. The highest BCUT2D eigenvalue weighted by molar-refractivity contribution is 6.30. The van der Waals surface area contributed by atoms with Crippen LogP contribution in [-0.4, -0.2) is 24.4 Å². The molecule has 0 spiro atoms. The third kappa shape index (κ3) is 6.03. The van der Waals surface area contributed by atoms with E-state index in [1.54, 1.807) is 4.90 Å². The quantitative estimate of drug-likeness (QED) is 0.585. The van der Waals surface area contributed by atoms with E-state index in [4.69, 9.17) is 16.3 Å². The molecule has 0 saturated carbocycles. The first-order valence-corrected chi connectivity index (χ1v) is 9.47. The van der Waals surface area contributed by atoms with Gasteiger partial charge in [-0.05, 0) is 47.5 Å². The summed E-state index contributed by atoms with van der Waals surface area (Å²) >= 11 is 5.88. The molecule has 0 aliphatic heterocycles. The van der Waals surface area contributed by atoms with Crippen LogP contribution in [0.25, 0.3) is 0 Å². The van der Waals surface area contributed by atoms with Gasteiger partial charge in [0.05, 0.1) is 6.54 Å². The molecular weight excluding hydrogens is 372 g/mol. The van der Waals surface area contributed by atoms with Gasteiger partial charge in [0, 0.05) is 24.3 Å². The molecule has 0 unspecified atom stereocenters. The van der Waals surface area contributed by atoms with Crippen molar-refractivity contribution in [1.29, 1.82) is 0 Å². The molecule has 144 valence electrons. The van der Waals surface area contributed by atoms with Crippen LogP contribution in [0.1, 0.15) is 11.1 Å². The van der Waals surface area contributed by atoms with Crippen LogP contribution < -0.4 is 10.1 Å². The molecule has 3 aromatic carbocycles. The van der Waals surface area contributed by atoms with Gasteiger partial charge in [0.25, 0.3) is 0 Å². The second kappa shape index (κ2) is 9.81. The Morgan fingerprint density at radius 1 is 0.929 bits per heavy atom. The molecular formula is C23H23ClN2O2. The summed E-state index contributed by atoms with van der Waals surface area (Å²) in [6, 6.07) is 25.1. The Bertz CT molecular complexity index is 881. The maximum atomic E-state index is 12.3. The molecule has 28 heavy (non-hydrogen) atoms. The van der Waals surface area contributed by atoms with Crippen LogP contribution in [0, 0.1) is 0 Å². The summed E-state index contributed by atoms with van der Waals surface area (Å²) in [5.41, 5.74) is 3.04. The minimum Gasteiger partial charge on any atom is -0.489 e. The number of carbonyl (C=O) groups is 1. The smallest absolute Gasteiger partial charge is 0.241 e. The molecule has 1 N–H and O–H groups in total. The van der Waals surface area contributed by atoms with Crippen LogP contribution in [0.3, 0.4) is 0 Å². The molecule has 3 aromatic rings. The number of amides is 1. The summed E-state index contributed by atoms with van der Waals surface area (Å²) < 4.78 is 5.77. The number of carbonyl (C=O) groups excluding carboxylic acids is 1. The van der Waals surface area contributed by atoms with E-state index in [0.29, 0.717) is 18.2 Å². The summed E-state index contributed by atoms with van der Waals surface area (Å²) in [6.45, 7) is 1.32. The minimum absolute atomic E-state index is 0.0342. The number of nitrogens with one attached hydrogen (secondary N) is 1. The summed E-state index contributed by atoms with van der Waals surface area (Å²) in [5.74, 6) is 0.806. The molecule has 0 bridgehead atoms. The number of rotatable bonds is 8. The summed E-state index contributed by atoms with van der Waals surface area (Å²) in [7, 11) is 1.81. The van der Waals surface area contributed by atoms with Gasteiger partial charge in [-0.3, -0.25) is 4.79 Å². The number of likely N-dealkylation sites (N-methyl/N-ethyl adjacent to an activating group) is 1. The molecule has 5 heteroatoms. The lowest BCUT2D eigenvalue weighted by atomic mass is 10.2. The maximum absolute atomic E-state index is 12.3. The van der Waals surface area contributed by atoms with E-state index in [1.807, 2.05) is 85.9 Å². The number of hydrogen-bond acceptors (Lipinski definition) is 3. The summed E-state index contributed by atoms with van der Waals surface area (Å²) in [4.78, 5) is 14.0. The van der Waals surface area contributed by atoms with E-state index < -0.39 is 0 Å². The molecule has 0 aliphatic carbocycles. The van der Waals surface area contributed by atoms with Crippen molar-refractivity contribution in [2.24, 2.45) is 0 Å². The highest BCUT2D eigenvalue weighted by Gasteiger charge is 2.09. The largest absolute Gasteiger partial charge is 0.489 e. The Morgan fingerprint density at radius 3 is 2.29 bits per heavy atom. The molecule has 0 fully saturated rings. The SMILES string of the molecule is CN(Cc1ccccc1)C(=O)CNc1ccc(OCc2ccc(Cl)cc2)cc1. The van der Waals surface area contributed by atoms with Gasteiger partial charge < -0.3 is 15.0 Å². The fourth-order valence-corrected chi connectivity index (χ4v) is 2.80. The van der Waals surface area contributed by atoms with Gasteiger partial charge in [-0.1, -0.05) is 54.1 Å². The van der Waals surface area contributed by atoms with Gasteiger partial charge in [-0.25, -0.2) is 0 Å². The molecule has 0 aromatic heterocycles. The highest BCUT2D eigenvalue weighted by atomic mass is 35.5. The van der Waals surface area contributed by atoms with Crippen LogP contribution in [0.15, 0.2) is 78.9 Å². The fraction of sp³-hybridized carbons (Fsp3) is 0.174. The monoisotopic (exact) mass is 394 g/mol. The molecule has 1 amide bonds. The number of nitrogens with zero attached hydrogens (tertiary/aromatic N) is 1. The zero-order chi connectivity index (χ0) is 19.8. The molecule has 0 atom stereocenters. The zero-order valence-electron chi connectivity index (χ0n) is 15.8. The molecule has 4 nitrogen and oxygen atoms in total. The third-order valence-corrected chi connectivity index (χ3v) is 4.56. The van der Waals surface area contributed by atoms with E-state index in [0.717, 1.165) is 22.6 Å². The van der Waals surface area contributed by atoms with Crippen LogP contribution in [0.5, 0.6) is 5.75 Å². The summed E-state index contributed by atoms with van der Waals surface area (Å²) in [6.07, 6.45) is 0. The maximum Gasteiger partial charge on any atom is 0.241 e. The fourth-order valence-electron chi connectivity index (χ4n) is 2.67. The number of anilines is 1. The number of halogens is 1. The van der Waals surface area contributed by atoms with Gasteiger partial charge in [0.2, 0.25) is 5.91 Å². The van der Waals surface area contributed by atoms with Crippen molar-refractivity contribution in [3.8, 4) is 5.75 Å². The Morgan fingerprint density at radius 2 is 1.61 bits per heavy atom. The number of benzene rings is 3. The van der Waals surface area contributed by atoms with E-state index in [9.17, 15) is 4.79 Å². The van der Waals surface area contributed by atoms with E-state index in [2.05, 4.69) is 5.32 Å². The average molecular weight is 395 g/mol. The van der Waals surface area contributed by atoms with Crippen molar-refractivity contribution in [3.05, 3.63) is 95.0 Å². The predicted octanol–water partition coefficient (Wildman–Crippen LogP) is 4.99. The van der Waals surface area contributed by atoms with Gasteiger partial charge in [-0.15, -0.1) is 0 Å². The van der Waals surface area contributed by atoms with Crippen LogP contribution in [0.4, 0.5) is 5.69 Å². The van der Waals surface area contributed by atoms with Crippen molar-refractivity contribution < 1.29 is 9.53 Å². The Hall–Kier alpha value is -2.98. The van der Waals surface area contributed by atoms with Crippen LogP contribution in [0.2, 0.25) is 5.02 Å². The molecule has 0 heterocycles. The van der Waals surface area contributed by atoms with Crippen molar-refractivity contribution in [3.63, 3.8) is 0 Å².